The van der Waals surface area contributed by atoms with Gasteiger partial charge in [0.2, 0.25) is 5.91 Å². The van der Waals surface area contributed by atoms with Crippen LogP contribution in [-0.2, 0) is 9.53 Å². The Morgan fingerprint density at radius 3 is 2.50 bits per heavy atom. The minimum absolute atomic E-state index is 0.219. The zero-order valence-corrected chi connectivity index (χ0v) is 11.7. The molecule has 1 amide bonds. The van der Waals surface area contributed by atoms with Crippen molar-refractivity contribution in [3.05, 3.63) is 0 Å². The number of carbonyl (C=O) groups excluding carboxylic acids is 1. The fourth-order valence-corrected chi connectivity index (χ4v) is 2.88. The SMILES string of the molecule is CCCOCC(=O)N(CC1CCCCC1)C1CC1. The fraction of sp³-hybridized carbons (Fsp3) is 0.933. The molecule has 0 spiro atoms. The standard InChI is InChI=1S/C15H27NO2/c1-2-10-18-12-15(17)16(14-8-9-14)11-13-6-4-3-5-7-13/h13-14H,2-12H2,1H3. The average molecular weight is 253 g/mol. The summed E-state index contributed by atoms with van der Waals surface area (Å²) in [6.07, 6.45) is 10.1. The van der Waals surface area contributed by atoms with Crippen LogP contribution in [0, 0.1) is 5.92 Å². The highest BCUT2D eigenvalue weighted by atomic mass is 16.5. The highest BCUT2D eigenvalue weighted by Gasteiger charge is 2.34. The maximum atomic E-state index is 12.2. The molecule has 0 radical (unpaired) electrons. The van der Waals surface area contributed by atoms with Crippen molar-refractivity contribution < 1.29 is 9.53 Å². The summed E-state index contributed by atoms with van der Waals surface area (Å²) in [5, 5.41) is 0. The predicted octanol–water partition coefficient (Wildman–Crippen LogP) is 2.98. The molecule has 0 unspecified atom stereocenters. The van der Waals surface area contributed by atoms with E-state index < -0.39 is 0 Å². The Balaban J connectivity index is 1.77. The highest BCUT2D eigenvalue weighted by Crippen LogP contribution is 2.31. The van der Waals surface area contributed by atoms with Crippen LogP contribution in [0.3, 0.4) is 0 Å². The van der Waals surface area contributed by atoms with E-state index in [1.54, 1.807) is 0 Å². The number of nitrogens with zero attached hydrogens (tertiary/aromatic N) is 1. The van der Waals surface area contributed by atoms with E-state index in [2.05, 4.69) is 11.8 Å². The summed E-state index contributed by atoms with van der Waals surface area (Å²) in [7, 11) is 0. The molecule has 2 rings (SSSR count). The molecule has 0 N–H and O–H groups in total. The Morgan fingerprint density at radius 2 is 1.89 bits per heavy atom. The Bertz CT molecular complexity index is 257. The van der Waals surface area contributed by atoms with Gasteiger partial charge in [-0.3, -0.25) is 4.79 Å². The maximum Gasteiger partial charge on any atom is 0.248 e. The molecule has 0 bridgehead atoms. The summed E-state index contributed by atoms with van der Waals surface area (Å²) in [6, 6.07) is 0.532. The smallest absolute Gasteiger partial charge is 0.248 e. The highest BCUT2D eigenvalue weighted by molar-refractivity contribution is 5.78. The zero-order valence-electron chi connectivity index (χ0n) is 11.7. The molecule has 0 aromatic rings. The molecule has 2 fully saturated rings. The second-order valence-corrected chi connectivity index (χ2v) is 5.83. The van der Waals surface area contributed by atoms with Gasteiger partial charge >= 0.3 is 0 Å². The van der Waals surface area contributed by atoms with Gasteiger partial charge in [0.15, 0.2) is 0 Å². The Morgan fingerprint density at radius 1 is 1.17 bits per heavy atom. The van der Waals surface area contributed by atoms with Crippen LogP contribution >= 0.6 is 0 Å². The van der Waals surface area contributed by atoms with Crippen molar-refractivity contribution in [2.75, 3.05) is 19.8 Å². The molecule has 2 aliphatic rings. The second kappa shape index (κ2) is 7.13. The molecular weight excluding hydrogens is 226 g/mol. The van der Waals surface area contributed by atoms with E-state index in [1.165, 1.54) is 44.9 Å². The largest absolute Gasteiger partial charge is 0.372 e. The number of rotatable bonds is 7. The third kappa shape index (κ3) is 4.27. The van der Waals surface area contributed by atoms with Gasteiger partial charge in [-0.05, 0) is 38.0 Å². The van der Waals surface area contributed by atoms with Crippen molar-refractivity contribution in [2.24, 2.45) is 5.92 Å². The average Bonchev–Trinajstić information content (AvgIpc) is 3.21. The van der Waals surface area contributed by atoms with E-state index in [-0.39, 0.29) is 12.5 Å². The van der Waals surface area contributed by atoms with Crippen molar-refractivity contribution in [3.8, 4) is 0 Å². The summed E-state index contributed by atoms with van der Waals surface area (Å²) in [4.78, 5) is 14.3. The van der Waals surface area contributed by atoms with Crippen LogP contribution in [0.5, 0.6) is 0 Å². The van der Waals surface area contributed by atoms with Gasteiger partial charge in [0, 0.05) is 19.2 Å². The minimum Gasteiger partial charge on any atom is -0.372 e. The van der Waals surface area contributed by atoms with Crippen LogP contribution in [0.15, 0.2) is 0 Å². The molecule has 3 nitrogen and oxygen atoms in total. The third-order valence-electron chi connectivity index (χ3n) is 4.06. The third-order valence-corrected chi connectivity index (χ3v) is 4.06. The van der Waals surface area contributed by atoms with Gasteiger partial charge in [-0.15, -0.1) is 0 Å². The Labute approximate surface area is 111 Å². The lowest BCUT2D eigenvalue weighted by Gasteiger charge is -2.30. The van der Waals surface area contributed by atoms with Crippen LogP contribution < -0.4 is 0 Å². The van der Waals surface area contributed by atoms with E-state index in [0.29, 0.717) is 12.6 Å². The number of amides is 1. The van der Waals surface area contributed by atoms with Gasteiger partial charge in [-0.2, -0.15) is 0 Å². The molecule has 0 aromatic heterocycles. The van der Waals surface area contributed by atoms with Gasteiger partial charge in [0.05, 0.1) is 0 Å². The van der Waals surface area contributed by atoms with Crippen LogP contribution in [0.4, 0.5) is 0 Å². The van der Waals surface area contributed by atoms with E-state index in [9.17, 15) is 4.79 Å². The lowest BCUT2D eigenvalue weighted by atomic mass is 9.89. The van der Waals surface area contributed by atoms with Crippen LogP contribution in [0.25, 0.3) is 0 Å². The zero-order chi connectivity index (χ0) is 12.8. The molecule has 2 saturated carbocycles. The van der Waals surface area contributed by atoms with E-state index in [0.717, 1.165) is 18.9 Å². The molecule has 104 valence electrons. The maximum absolute atomic E-state index is 12.2. The van der Waals surface area contributed by atoms with Crippen LogP contribution in [0.1, 0.15) is 58.3 Å². The van der Waals surface area contributed by atoms with E-state index >= 15 is 0 Å². The van der Waals surface area contributed by atoms with Gasteiger partial charge in [-0.25, -0.2) is 0 Å². The molecule has 0 atom stereocenters. The number of hydrogen-bond donors (Lipinski definition) is 0. The van der Waals surface area contributed by atoms with Gasteiger partial charge in [0.25, 0.3) is 0 Å². The number of ether oxygens (including phenoxy) is 1. The van der Waals surface area contributed by atoms with Gasteiger partial charge in [-0.1, -0.05) is 26.2 Å². The van der Waals surface area contributed by atoms with Crippen LogP contribution in [-0.4, -0.2) is 36.6 Å². The quantitative estimate of drug-likeness (QED) is 0.653. The van der Waals surface area contributed by atoms with Gasteiger partial charge < -0.3 is 9.64 Å². The van der Waals surface area contributed by atoms with Crippen LogP contribution in [0.2, 0.25) is 0 Å². The normalized spacial score (nSPS) is 20.9. The lowest BCUT2D eigenvalue weighted by molar-refractivity contribution is -0.137. The first-order chi connectivity index (χ1) is 8.81. The lowest BCUT2D eigenvalue weighted by Crippen LogP contribution is -2.40. The molecule has 18 heavy (non-hydrogen) atoms. The summed E-state index contributed by atoms with van der Waals surface area (Å²) in [5.74, 6) is 0.964. The Kier molecular flexibility index (Phi) is 5.48. The number of hydrogen-bond acceptors (Lipinski definition) is 2. The first kappa shape index (κ1) is 13.9. The Hall–Kier alpha value is -0.570. The summed E-state index contributed by atoms with van der Waals surface area (Å²) in [5.41, 5.74) is 0. The number of carbonyl (C=O) groups is 1. The van der Waals surface area contributed by atoms with Crippen molar-refractivity contribution in [2.45, 2.75) is 64.3 Å². The predicted molar refractivity (Wildman–Crippen MR) is 72.4 cm³/mol. The molecule has 2 aliphatic carbocycles. The minimum atomic E-state index is 0.219. The van der Waals surface area contributed by atoms with Crippen molar-refractivity contribution >= 4 is 5.91 Å². The molecule has 0 aliphatic heterocycles. The molecule has 0 aromatic carbocycles. The van der Waals surface area contributed by atoms with Crippen molar-refractivity contribution in [1.82, 2.24) is 4.90 Å². The van der Waals surface area contributed by atoms with Crippen molar-refractivity contribution in [3.63, 3.8) is 0 Å². The van der Waals surface area contributed by atoms with Gasteiger partial charge in [0.1, 0.15) is 6.61 Å². The topological polar surface area (TPSA) is 29.5 Å². The fourth-order valence-electron chi connectivity index (χ4n) is 2.88. The molecule has 3 heteroatoms. The van der Waals surface area contributed by atoms with E-state index in [1.807, 2.05) is 0 Å². The summed E-state index contributed by atoms with van der Waals surface area (Å²) >= 11 is 0. The second-order valence-electron chi connectivity index (χ2n) is 5.83. The monoisotopic (exact) mass is 253 g/mol. The first-order valence-corrected chi connectivity index (χ1v) is 7.68. The first-order valence-electron chi connectivity index (χ1n) is 7.68. The van der Waals surface area contributed by atoms with Crippen molar-refractivity contribution in [1.29, 1.82) is 0 Å². The molecule has 0 heterocycles. The summed E-state index contributed by atoms with van der Waals surface area (Å²) in [6.45, 7) is 4.05. The summed E-state index contributed by atoms with van der Waals surface area (Å²) < 4.78 is 5.40. The van der Waals surface area contributed by atoms with E-state index in [4.69, 9.17) is 4.74 Å². The molecular formula is C15H27NO2. The molecule has 0 saturated heterocycles.